The van der Waals surface area contributed by atoms with Crippen molar-refractivity contribution in [1.82, 2.24) is 10.3 Å². The lowest BCUT2D eigenvalue weighted by atomic mass is 9.99. The van der Waals surface area contributed by atoms with E-state index in [1.54, 1.807) is 0 Å². The number of ether oxygens (including phenoxy) is 1. The number of aliphatic hydroxyl groups excluding tert-OH is 2. The molecule has 1 fully saturated rings. The first-order valence-corrected chi connectivity index (χ1v) is 13.6. The number of rotatable bonds is 14. The number of amides is 4. The minimum absolute atomic E-state index is 0.101. The number of aromatic nitrogens is 1. The van der Waals surface area contributed by atoms with Crippen LogP contribution in [0.1, 0.15) is 94.8 Å². The standard InChI is InChI=1S/C28H39N3O7/c1-3-4-5-6-7-8-9-10-11-14-21(32)24(34)25-22(33)16-23(38-25)31(18-19(2)26(35)30-28(31)37)27(36)20-13-12-15-29-17-20/h12-13,15,17-18,22-25,33-34H,3-11,14,16H2,1-2H3/p+1/t22-,23+,24?,25-,31?/m0/s1. The Morgan fingerprint density at radius 3 is 2.42 bits per heavy atom. The SMILES string of the molecule is CCCCCCCCCCCC(=O)C(O)[C@H]1O[C@@H]([N+]2(C(=O)c3cccnc3)C=C(C)C(=O)NC2=O)C[C@@H]1O. The molecule has 1 saturated heterocycles. The summed E-state index contributed by atoms with van der Waals surface area (Å²) in [6.07, 6.45) is 8.26. The fourth-order valence-electron chi connectivity index (χ4n) is 5.07. The second kappa shape index (κ2) is 13.8. The smallest absolute Gasteiger partial charge is 0.390 e. The Balaban J connectivity index is 1.65. The largest absolute Gasteiger partial charge is 0.438 e. The second-order valence-electron chi connectivity index (χ2n) is 10.2. The maximum atomic E-state index is 13.6. The quantitative estimate of drug-likeness (QED) is 0.245. The van der Waals surface area contributed by atoms with Crippen molar-refractivity contribution in [1.29, 1.82) is 0 Å². The average molecular weight is 531 g/mol. The number of unbranched alkanes of at least 4 members (excludes halogenated alkanes) is 8. The Bertz CT molecular complexity index is 1030. The van der Waals surface area contributed by atoms with E-state index in [0.29, 0.717) is 6.42 Å². The number of carbonyl (C=O) groups excluding carboxylic acids is 4. The van der Waals surface area contributed by atoms with Crippen molar-refractivity contribution < 1.29 is 38.6 Å². The molecule has 208 valence electrons. The molecule has 3 heterocycles. The molecule has 0 bridgehead atoms. The molecule has 2 aliphatic rings. The van der Waals surface area contributed by atoms with E-state index in [9.17, 15) is 29.4 Å². The Kier molecular flexibility index (Phi) is 10.8. The van der Waals surface area contributed by atoms with E-state index < -0.39 is 52.7 Å². The van der Waals surface area contributed by atoms with Gasteiger partial charge in [-0.3, -0.25) is 14.6 Å². The second-order valence-corrected chi connectivity index (χ2v) is 10.2. The lowest BCUT2D eigenvalue weighted by Gasteiger charge is -2.36. The monoisotopic (exact) mass is 530 g/mol. The maximum Gasteiger partial charge on any atom is 0.438 e. The Morgan fingerprint density at radius 2 is 1.79 bits per heavy atom. The number of ketones is 1. The number of pyridine rings is 1. The zero-order valence-electron chi connectivity index (χ0n) is 22.3. The van der Waals surface area contributed by atoms with Crippen LogP contribution in [0.25, 0.3) is 0 Å². The summed E-state index contributed by atoms with van der Waals surface area (Å²) in [5.41, 5.74) is 0.218. The molecule has 1 aromatic heterocycles. The predicted octanol–water partition coefficient (Wildman–Crippen LogP) is 3.52. The lowest BCUT2D eigenvalue weighted by molar-refractivity contribution is -0.773. The highest BCUT2D eigenvalue weighted by molar-refractivity contribution is 6.08. The van der Waals surface area contributed by atoms with E-state index in [1.807, 2.05) is 0 Å². The van der Waals surface area contributed by atoms with Gasteiger partial charge in [-0.1, -0.05) is 58.3 Å². The first-order valence-electron chi connectivity index (χ1n) is 13.6. The first-order chi connectivity index (χ1) is 18.2. The number of hydrogen-bond donors (Lipinski definition) is 3. The predicted molar refractivity (Wildman–Crippen MR) is 138 cm³/mol. The summed E-state index contributed by atoms with van der Waals surface area (Å²) in [6.45, 7) is 3.64. The van der Waals surface area contributed by atoms with Crippen LogP contribution < -0.4 is 5.32 Å². The highest BCUT2D eigenvalue weighted by Crippen LogP contribution is 2.35. The van der Waals surface area contributed by atoms with Crippen LogP contribution in [-0.2, 0) is 14.3 Å². The van der Waals surface area contributed by atoms with Crippen molar-refractivity contribution in [2.24, 2.45) is 0 Å². The summed E-state index contributed by atoms with van der Waals surface area (Å²) in [7, 11) is 0. The molecule has 0 radical (unpaired) electrons. The van der Waals surface area contributed by atoms with Crippen LogP contribution in [0.2, 0.25) is 0 Å². The number of quaternary nitrogens is 1. The molecule has 2 aliphatic heterocycles. The molecule has 2 unspecified atom stereocenters. The van der Waals surface area contributed by atoms with E-state index >= 15 is 0 Å². The minimum Gasteiger partial charge on any atom is -0.390 e. The summed E-state index contributed by atoms with van der Waals surface area (Å²) < 4.78 is 4.81. The Labute approximate surface area is 223 Å². The van der Waals surface area contributed by atoms with Gasteiger partial charge < -0.3 is 14.9 Å². The number of imide groups is 2. The molecular formula is C28H40N3O7+. The molecule has 0 aromatic carbocycles. The van der Waals surface area contributed by atoms with Crippen LogP contribution in [0.4, 0.5) is 4.79 Å². The molecule has 5 atom stereocenters. The highest BCUT2D eigenvalue weighted by atomic mass is 16.6. The fraction of sp³-hybridized carbons (Fsp3) is 0.607. The van der Waals surface area contributed by atoms with Crippen LogP contribution in [0, 0.1) is 0 Å². The van der Waals surface area contributed by atoms with Gasteiger partial charge in [0.2, 0.25) is 6.23 Å². The van der Waals surface area contributed by atoms with E-state index in [1.165, 1.54) is 69.8 Å². The zero-order valence-corrected chi connectivity index (χ0v) is 22.3. The van der Waals surface area contributed by atoms with Gasteiger partial charge in [-0.15, -0.1) is 4.48 Å². The van der Waals surface area contributed by atoms with E-state index in [2.05, 4.69) is 17.2 Å². The highest BCUT2D eigenvalue weighted by Gasteiger charge is 2.60. The Hall–Kier alpha value is -2.79. The van der Waals surface area contributed by atoms with Gasteiger partial charge in [-0.05, 0) is 25.5 Å². The van der Waals surface area contributed by atoms with Gasteiger partial charge in [0.15, 0.2) is 5.78 Å². The number of nitrogens with one attached hydrogen (secondary N) is 1. The molecule has 3 rings (SSSR count). The third-order valence-corrected chi connectivity index (χ3v) is 7.32. The van der Waals surface area contributed by atoms with Crippen molar-refractivity contribution in [2.75, 3.05) is 0 Å². The first kappa shape index (κ1) is 29.8. The fourth-order valence-corrected chi connectivity index (χ4v) is 5.07. The number of carbonyl (C=O) groups is 4. The van der Waals surface area contributed by atoms with Gasteiger partial charge >= 0.3 is 11.9 Å². The molecule has 0 saturated carbocycles. The maximum absolute atomic E-state index is 13.6. The van der Waals surface area contributed by atoms with Gasteiger partial charge in [0.1, 0.15) is 18.4 Å². The van der Waals surface area contributed by atoms with Crippen molar-refractivity contribution in [3.8, 4) is 0 Å². The zero-order chi connectivity index (χ0) is 27.7. The number of Topliss-reactive ketones (excluding diaryl/α,β-unsaturated/α-hetero) is 1. The third kappa shape index (κ3) is 6.79. The lowest BCUT2D eigenvalue weighted by Crippen LogP contribution is -2.66. The van der Waals surface area contributed by atoms with Crippen molar-refractivity contribution in [2.45, 2.75) is 109 Å². The number of aliphatic hydroxyl groups is 2. The van der Waals surface area contributed by atoms with Crippen LogP contribution in [0.3, 0.4) is 0 Å². The van der Waals surface area contributed by atoms with Gasteiger partial charge in [-0.25, -0.2) is 14.9 Å². The van der Waals surface area contributed by atoms with Crippen LogP contribution in [0.15, 0.2) is 36.3 Å². The number of nitrogens with zero attached hydrogens (tertiary/aromatic N) is 2. The van der Waals surface area contributed by atoms with Crippen molar-refractivity contribution in [3.63, 3.8) is 0 Å². The van der Waals surface area contributed by atoms with E-state index in [-0.39, 0.29) is 24.0 Å². The van der Waals surface area contributed by atoms with Gasteiger partial charge in [0.05, 0.1) is 23.7 Å². The van der Waals surface area contributed by atoms with Gasteiger partial charge in [0.25, 0.3) is 5.91 Å². The van der Waals surface area contributed by atoms with Gasteiger partial charge in [0, 0.05) is 18.8 Å². The van der Waals surface area contributed by atoms with Crippen molar-refractivity contribution >= 4 is 23.6 Å². The summed E-state index contributed by atoms with van der Waals surface area (Å²) in [5.74, 6) is -1.81. The summed E-state index contributed by atoms with van der Waals surface area (Å²) in [4.78, 5) is 55.5. The van der Waals surface area contributed by atoms with E-state index in [4.69, 9.17) is 4.74 Å². The Morgan fingerprint density at radius 1 is 1.13 bits per heavy atom. The summed E-state index contributed by atoms with van der Waals surface area (Å²) >= 11 is 0. The van der Waals surface area contributed by atoms with E-state index in [0.717, 1.165) is 19.3 Å². The molecule has 0 spiro atoms. The average Bonchev–Trinajstić information content (AvgIpc) is 3.31. The normalized spacial score (nSPS) is 26.1. The van der Waals surface area contributed by atoms with Gasteiger partial charge in [-0.2, -0.15) is 0 Å². The number of urea groups is 1. The molecular weight excluding hydrogens is 490 g/mol. The molecule has 0 aliphatic carbocycles. The van der Waals surface area contributed by atoms with Crippen LogP contribution in [0.5, 0.6) is 0 Å². The molecule has 3 N–H and O–H groups in total. The summed E-state index contributed by atoms with van der Waals surface area (Å²) in [6, 6.07) is 2.08. The topological polar surface area (TPSA) is 143 Å². The molecule has 1 aromatic rings. The van der Waals surface area contributed by atoms with Crippen LogP contribution >= 0.6 is 0 Å². The molecule has 38 heavy (non-hydrogen) atoms. The van der Waals surface area contributed by atoms with Crippen molar-refractivity contribution in [3.05, 3.63) is 41.9 Å². The minimum atomic E-state index is -1.60. The summed E-state index contributed by atoms with van der Waals surface area (Å²) in [5, 5.41) is 23.6. The molecule has 4 amide bonds. The third-order valence-electron chi connectivity index (χ3n) is 7.32. The number of hydrogen-bond acceptors (Lipinski definition) is 8. The molecule has 10 nitrogen and oxygen atoms in total. The molecule has 10 heteroatoms. The van der Waals surface area contributed by atoms with Crippen LogP contribution in [-0.4, -0.2) is 67.8 Å².